The van der Waals surface area contributed by atoms with Crippen molar-refractivity contribution in [3.63, 3.8) is 0 Å². The van der Waals surface area contributed by atoms with Crippen molar-refractivity contribution in [2.24, 2.45) is 5.92 Å². The van der Waals surface area contributed by atoms with Crippen molar-refractivity contribution >= 4 is 11.9 Å². The van der Waals surface area contributed by atoms with Gasteiger partial charge in [-0.2, -0.15) is 0 Å². The van der Waals surface area contributed by atoms with E-state index in [2.05, 4.69) is 0 Å². The van der Waals surface area contributed by atoms with Crippen molar-refractivity contribution in [3.05, 3.63) is 0 Å². The lowest BCUT2D eigenvalue weighted by molar-refractivity contribution is -0.194. The summed E-state index contributed by atoms with van der Waals surface area (Å²) in [6.45, 7) is 6.53. The fourth-order valence-electron chi connectivity index (χ4n) is 1.91. The maximum atomic E-state index is 11.0. The summed E-state index contributed by atoms with van der Waals surface area (Å²) >= 11 is 0. The van der Waals surface area contributed by atoms with Gasteiger partial charge in [0.25, 0.3) is 0 Å². The predicted octanol–water partition coefficient (Wildman–Crippen LogP) is 1.25. The lowest BCUT2D eigenvalue weighted by Crippen LogP contribution is -2.33. The molecule has 1 aliphatic rings. The summed E-state index contributed by atoms with van der Waals surface area (Å²) in [6.07, 6.45) is -0.544. The second-order valence-electron chi connectivity index (χ2n) is 3.99. The quantitative estimate of drug-likeness (QED) is 0.683. The summed E-state index contributed by atoms with van der Waals surface area (Å²) in [6, 6.07) is 0. The van der Waals surface area contributed by atoms with Crippen LogP contribution in [0.5, 0.6) is 0 Å². The number of ether oxygens (including phenoxy) is 3. The van der Waals surface area contributed by atoms with E-state index in [9.17, 15) is 9.59 Å². The van der Waals surface area contributed by atoms with Crippen LogP contribution in [0.2, 0.25) is 0 Å². The monoisotopic (exact) mass is 230 g/mol. The molecule has 1 saturated heterocycles. The van der Waals surface area contributed by atoms with E-state index in [4.69, 9.17) is 14.2 Å². The van der Waals surface area contributed by atoms with Gasteiger partial charge in [-0.05, 0) is 6.42 Å². The largest absolute Gasteiger partial charge is 0.455 e. The first-order chi connectivity index (χ1) is 7.45. The van der Waals surface area contributed by atoms with Crippen LogP contribution in [0.15, 0.2) is 0 Å². The molecule has 0 aromatic heterocycles. The zero-order chi connectivity index (χ0) is 12.3. The van der Waals surface area contributed by atoms with Gasteiger partial charge in [-0.25, -0.2) is 0 Å². The third-order valence-electron chi connectivity index (χ3n) is 2.67. The molecule has 0 radical (unpaired) electrons. The van der Waals surface area contributed by atoms with Crippen LogP contribution in [0.4, 0.5) is 0 Å². The van der Waals surface area contributed by atoms with Crippen LogP contribution in [-0.4, -0.2) is 30.4 Å². The Morgan fingerprint density at radius 3 is 2.19 bits per heavy atom. The smallest absolute Gasteiger partial charge is 0.305 e. The third-order valence-corrected chi connectivity index (χ3v) is 2.67. The summed E-state index contributed by atoms with van der Waals surface area (Å²) < 4.78 is 15.6. The number of carbonyl (C=O) groups excluding carboxylic acids is 2. The van der Waals surface area contributed by atoms with Gasteiger partial charge in [-0.3, -0.25) is 9.59 Å². The molecule has 0 spiro atoms. The Balaban J connectivity index is 2.72. The highest BCUT2D eigenvalue weighted by molar-refractivity contribution is 5.67. The molecule has 0 aromatic carbocycles. The molecule has 92 valence electrons. The van der Waals surface area contributed by atoms with Crippen molar-refractivity contribution in [3.8, 4) is 0 Å². The molecule has 1 heterocycles. The van der Waals surface area contributed by atoms with Crippen LogP contribution < -0.4 is 0 Å². The van der Waals surface area contributed by atoms with E-state index in [0.717, 1.165) is 6.42 Å². The zero-order valence-corrected chi connectivity index (χ0v) is 10.1. The van der Waals surface area contributed by atoms with Crippen molar-refractivity contribution < 1.29 is 23.8 Å². The summed E-state index contributed by atoms with van der Waals surface area (Å²) in [5.74, 6) is -0.807. The standard InChI is InChI=1S/C11H18O5/c1-5-9-6(2)10(14-7(3)12)11(16-9)15-8(4)13/h6,9-11H,5H2,1-4H3/t6-,9-,10+,11?/m1/s1. The van der Waals surface area contributed by atoms with E-state index in [1.165, 1.54) is 13.8 Å². The van der Waals surface area contributed by atoms with E-state index in [1.54, 1.807) is 0 Å². The fraction of sp³-hybridized carbons (Fsp3) is 0.818. The first kappa shape index (κ1) is 13.0. The van der Waals surface area contributed by atoms with Gasteiger partial charge >= 0.3 is 11.9 Å². The normalized spacial score (nSPS) is 33.5. The number of esters is 2. The Morgan fingerprint density at radius 1 is 1.19 bits per heavy atom. The van der Waals surface area contributed by atoms with Crippen LogP contribution >= 0.6 is 0 Å². The molecule has 16 heavy (non-hydrogen) atoms. The first-order valence-corrected chi connectivity index (χ1v) is 5.45. The van der Waals surface area contributed by atoms with E-state index in [1.807, 2.05) is 13.8 Å². The van der Waals surface area contributed by atoms with Gasteiger partial charge in [0.15, 0.2) is 6.10 Å². The summed E-state index contributed by atoms with van der Waals surface area (Å²) in [5.41, 5.74) is 0. The molecule has 1 rings (SSSR count). The van der Waals surface area contributed by atoms with Crippen LogP contribution in [0.25, 0.3) is 0 Å². The average Bonchev–Trinajstić information content (AvgIpc) is 2.44. The maximum absolute atomic E-state index is 11.0. The van der Waals surface area contributed by atoms with Crippen molar-refractivity contribution in [2.75, 3.05) is 0 Å². The first-order valence-electron chi connectivity index (χ1n) is 5.45. The zero-order valence-electron chi connectivity index (χ0n) is 10.1. The minimum atomic E-state index is -0.777. The van der Waals surface area contributed by atoms with Crippen LogP contribution in [0.1, 0.15) is 34.1 Å². The Hall–Kier alpha value is -1.10. The fourth-order valence-corrected chi connectivity index (χ4v) is 1.91. The van der Waals surface area contributed by atoms with E-state index < -0.39 is 24.3 Å². The van der Waals surface area contributed by atoms with Crippen molar-refractivity contribution in [1.29, 1.82) is 0 Å². The van der Waals surface area contributed by atoms with E-state index in [-0.39, 0.29) is 12.0 Å². The molecule has 5 heteroatoms. The maximum Gasteiger partial charge on any atom is 0.305 e. The van der Waals surface area contributed by atoms with Gasteiger partial charge in [-0.15, -0.1) is 0 Å². The highest BCUT2D eigenvalue weighted by Gasteiger charge is 2.45. The van der Waals surface area contributed by atoms with Gasteiger partial charge in [-0.1, -0.05) is 13.8 Å². The third kappa shape index (κ3) is 2.95. The van der Waals surface area contributed by atoms with Crippen molar-refractivity contribution in [2.45, 2.75) is 52.6 Å². The molecular weight excluding hydrogens is 212 g/mol. The second kappa shape index (κ2) is 5.30. The highest BCUT2D eigenvalue weighted by atomic mass is 16.7. The van der Waals surface area contributed by atoms with Gasteiger partial charge < -0.3 is 14.2 Å². The van der Waals surface area contributed by atoms with Gasteiger partial charge in [0.1, 0.15) is 0 Å². The second-order valence-corrected chi connectivity index (χ2v) is 3.99. The minimum absolute atomic E-state index is 0.0262. The molecule has 0 aliphatic carbocycles. The molecule has 0 bridgehead atoms. The van der Waals surface area contributed by atoms with Gasteiger partial charge in [0.05, 0.1) is 6.10 Å². The minimum Gasteiger partial charge on any atom is -0.455 e. The van der Waals surface area contributed by atoms with Crippen LogP contribution in [0.3, 0.4) is 0 Å². The SMILES string of the molecule is CC[C@H]1OC(OC(C)=O)[C@@H](OC(C)=O)[C@@H]1C. The average molecular weight is 230 g/mol. The lowest BCUT2D eigenvalue weighted by Gasteiger charge is -2.19. The molecule has 0 amide bonds. The predicted molar refractivity (Wildman–Crippen MR) is 55.4 cm³/mol. The van der Waals surface area contributed by atoms with Gasteiger partial charge in [0, 0.05) is 19.8 Å². The Bertz CT molecular complexity index is 276. The van der Waals surface area contributed by atoms with Gasteiger partial charge in [0.2, 0.25) is 6.29 Å². The summed E-state index contributed by atoms with van der Waals surface area (Å²) in [7, 11) is 0. The van der Waals surface area contributed by atoms with Crippen molar-refractivity contribution in [1.82, 2.24) is 0 Å². The molecule has 1 aliphatic heterocycles. The number of hydrogen-bond donors (Lipinski definition) is 0. The summed E-state index contributed by atoms with van der Waals surface area (Å²) in [5, 5.41) is 0. The Labute approximate surface area is 95.0 Å². The lowest BCUT2D eigenvalue weighted by atomic mass is 9.99. The highest BCUT2D eigenvalue weighted by Crippen LogP contribution is 2.31. The topological polar surface area (TPSA) is 61.8 Å². The molecule has 0 aromatic rings. The number of hydrogen-bond acceptors (Lipinski definition) is 5. The van der Waals surface area contributed by atoms with E-state index >= 15 is 0 Å². The molecule has 0 N–H and O–H groups in total. The van der Waals surface area contributed by atoms with Crippen LogP contribution in [0, 0.1) is 5.92 Å². The Morgan fingerprint density at radius 2 is 1.75 bits per heavy atom. The molecule has 1 unspecified atom stereocenters. The Kier molecular flexibility index (Phi) is 4.29. The molecule has 0 saturated carbocycles. The molecule has 1 fully saturated rings. The number of rotatable bonds is 3. The van der Waals surface area contributed by atoms with E-state index in [0.29, 0.717) is 0 Å². The van der Waals surface area contributed by atoms with Crippen LogP contribution in [-0.2, 0) is 23.8 Å². The summed E-state index contributed by atoms with van der Waals surface area (Å²) in [4.78, 5) is 21.8. The molecule has 5 nitrogen and oxygen atoms in total. The molecule has 4 atom stereocenters. The molecular formula is C11H18O5. The number of carbonyl (C=O) groups is 2.